The average Bonchev–Trinajstić information content (AvgIpc) is 2.50. The van der Waals surface area contributed by atoms with Crippen molar-refractivity contribution >= 4 is 0 Å². The maximum absolute atomic E-state index is 5.42. The third kappa shape index (κ3) is 3.12. The molecule has 0 saturated heterocycles. The molecule has 0 spiro atoms. The van der Waals surface area contributed by atoms with Crippen molar-refractivity contribution in [3.8, 4) is 5.75 Å². The van der Waals surface area contributed by atoms with Crippen molar-refractivity contribution in [2.75, 3.05) is 6.61 Å². The maximum Gasteiger partial charge on any atom is 0.136 e. The highest BCUT2D eigenvalue weighted by atomic mass is 16.5. The van der Waals surface area contributed by atoms with E-state index in [2.05, 4.69) is 11.9 Å². The number of nitrogens with one attached hydrogen (secondary N) is 1. The fourth-order valence-electron chi connectivity index (χ4n) is 0.940. The van der Waals surface area contributed by atoms with Gasteiger partial charge in [-0.25, -0.2) is 0 Å². The van der Waals surface area contributed by atoms with Crippen LogP contribution in [0.15, 0.2) is 18.5 Å². The third-order valence-electron chi connectivity index (χ3n) is 1.59. The smallest absolute Gasteiger partial charge is 0.136 e. The van der Waals surface area contributed by atoms with Crippen LogP contribution in [0.5, 0.6) is 5.75 Å². The third-order valence-corrected chi connectivity index (χ3v) is 1.59. The molecule has 0 saturated carbocycles. The minimum absolute atomic E-state index is 0.839. The molecule has 0 aliphatic rings. The summed E-state index contributed by atoms with van der Waals surface area (Å²) in [6.07, 6.45) is 7.39. The summed E-state index contributed by atoms with van der Waals surface area (Å²) in [4.78, 5) is 2.95. The van der Waals surface area contributed by atoms with Crippen LogP contribution in [0.3, 0.4) is 0 Å². The number of hydrogen-bond acceptors (Lipinski definition) is 1. The first kappa shape index (κ1) is 8.18. The first-order chi connectivity index (χ1) is 5.43. The molecular formula is C9H15NO. The Balaban J connectivity index is 2.04. The highest BCUT2D eigenvalue weighted by molar-refractivity contribution is 5.15. The molecule has 0 aromatic carbocycles. The fourth-order valence-corrected chi connectivity index (χ4v) is 0.940. The largest absolute Gasteiger partial charge is 0.492 e. The Kier molecular flexibility index (Phi) is 3.59. The van der Waals surface area contributed by atoms with Crippen LogP contribution in [0.1, 0.15) is 26.2 Å². The second kappa shape index (κ2) is 4.83. The molecule has 0 bridgehead atoms. The van der Waals surface area contributed by atoms with E-state index < -0.39 is 0 Å². The Labute approximate surface area is 67.6 Å². The van der Waals surface area contributed by atoms with Gasteiger partial charge in [-0.05, 0) is 12.5 Å². The average molecular weight is 153 g/mol. The van der Waals surface area contributed by atoms with E-state index in [9.17, 15) is 0 Å². The Morgan fingerprint density at radius 3 is 3.00 bits per heavy atom. The molecule has 0 radical (unpaired) electrons. The van der Waals surface area contributed by atoms with E-state index >= 15 is 0 Å². The van der Waals surface area contributed by atoms with E-state index in [0.717, 1.165) is 18.8 Å². The predicted molar refractivity (Wildman–Crippen MR) is 45.8 cm³/mol. The lowest BCUT2D eigenvalue weighted by molar-refractivity contribution is 0.306. The lowest BCUT2D eigenvalue weighted by atomic mass is 10.3. The lowest BCUT2D eigenvalue weighted by Gasteiger charge is -2.01. The summed E-state index contributed by atoms with van der Waals surface area (Å²) < 4.78 is 5.42. The Hall–Kier alpha value is -0.920. The van der Waals surface area contributed by atoms with Crippen molar-refractivity contribution < 1.29 is 4.74 Å². The minimum atomic E-state index is 0.839. The van der Waals surface area contributed by atoms with Crippen LogP contribution in [0.2, 0.25) is 0 Å². The molecule has 1 aromatic rings. The van der Waals surface area contributed by atoms with Crippen molar-refractivity contribution in [3.63, 3.8) is 0 Å². The highest BCUT2D eigenvalue weighted by Gasteiger charge is 1.90. The molecule has 1 heterocycles. The zero-order valence-electron chi connectivity index (χ0n) is 6.97. The van der Waals surface area contributed by atoms with Crippen molar-refractivity contribution in [3.05, 3.63) is 18.5 Å². The molecule has 0 aliphatic carbocycles. The quantitative estimate of drug-likeness (QED) is 0.646. The van der Waals surface area contributed by atoms with Crippen molar-refractivity contribution in [2.24, 2.45) is 0 Å². The van der Waals surface area contributed by atoms with Crippen LogP contribution < -0.4 is 4.74 Å². The van der Waals surface area contributed by atoms with Gasteiger partial charge < -0.3 is 9.72 Å². The number of hydrogen-bond donors (Lipinski definition) is 1. The summed E-state index contributed by atoms with van der Waals surface area (Å²) in [5.41, 5.74) is 0. The Bertz CT molecular complexity index is 170. The second-order valence-corrected chi connectivity index (χ2v) is 2.60. The normalized spacial score (nSPS) is 9.91. The first-order valence-corrected chi connectivity index (χ1v) is 4.19. The van der Waals surface area contributed by atoms with Crippen molar-refractivity contribution in [2.45, 2.75) is 26.2 Å². The van der Waals surface area contributed by atoms with Gasteiger partial charge in [-0.15, -0.1) is 0 Å². The lowest BCUT2D eigenvalue weighted by Crippen LogP contribution is -1.95. The molecule has 0 aliphatic heterocycles. The van der Waals surface area contributed by atoms with Gasteiger partial charge in [0.2, 0.25) is 0 Å². The highest BCUT2D eigenvalue weighted by Crippen LogP contribution is 2.07. The molecule has 62 valence electrons. The van der Waals surface area contributed by atoms with Crippen molar-refractivity contribution in [1.29, 1.82) is 0 Å². The van der Waals surface area contributed by atoms with E-state index in [0.29, 0.717) is 0 Å². The monoisotopic (exact) mass is 153 g/mol. The molecule has 0 fully saturated rings. The van der Waals surface area contributed by atoms with Crippen molar-refractivity contribution in [1.82, 2.24) is 4.98 Å². The summed E-state index contributed by atoms with van der Waals surface area (Å²) in [5.74, 6) is 0.945. The van der Waals surface area contributed by atoms with Gasteiger partial charge in [0, 0.05) is 12.4 Å². The number of ether oxygens (including phenoxy) is 1. The molecule has 0 unspecified atom stereocenters. The van der Waals surface area contributed by atoms with Crippen LogP contribution in [-0.4, -0.2) is 11.6 Å². The van der Waals surface area contributed by atoms with Crippen LogP contribution in [-0.2, 0) is 0 Å². The zero-order chi connectivity index (χ0) is 7.94. The molecule has 1 rings (SSSR count). The summed E-state index contributed by atoms with van der Waals surface area (Å²) in [7, 11) is 0. The number of unbranched alkanes of at least 4 members (excludes halogenated alkanes) is 2. The maximum atomic E-state index is 5.42. The first-order valence-electron chi connectivity index (χ1n) is 4.19. The zero-order valence-corrected chi connectivity index (χ0v) is 6.97. The van der Waals surface area contributed by atoms with E-state index in [1.807, 2.05) is 18.5 Å². The number of rotatable bonds is 5. The van der Waals surface area contributed by atoms with E-state index in [4.69, 9.17) is 4.74 Å². The molecule has 1 N–H and O–H groups in total. The summed E-state index contributed by atoms with van der Waals surface area (Å²) >= 11 is 0. The van der Waals surface area contributed by atoms with Gasteiger partial charge in [0.15, 0.2) is 0 Å². The summed E-state index contributed by atoms with van der Waals surface area (Å²) in [6, 6.07) is 1.94. The molecule has 1 aromatic heterocycles. The second-order valence-electron chi connectivity index (χ2n) is 2.60. The molecule has 11 heavy (non-hydrogen) atoms. The Morgan fingerprint density at radius 2 is 2.36 bits per heavy atom. The van der Waals surface area contributed by atoms with Gasteiger partial charge in [0.25, 0.3) is 0 Å². The number of H-pyrrole nitrogens is 1. The number of aromatic amines is 1. The van der Waals surface area contributed by atoms with Gasteiger partial charge in [0.1, 0.15) is 5.75 Å². The molecule has 2 nitrogen and oxygen atoms in total. The van der Waals surface area contributed by atoms with E-state index in [1.165, 1.54) is 12.8 Å². The van der Waals surface area contributed by atoms with Gasteiger partial charge >= 0.3 is 0 Å². The Morgan fingerprint density at radius 1 is 1.45 bits per heavy atom. The number of aromatic nitrogens is 1. The van der Waals surface area contributed by atoms with Crippen LogP contribution in [0.25, 0.3) is 0 Å². The van der Waals surface area contributed by atoms with E-state index in [-0.39, 0.29) is 0 Å². The van der Waals surface area contributed by atoms with Gasteiger partial charge in [-0.2, -0.15) is 0 Å². The van der Waals surface area contributed by atoms with Gasteiger partial charge in [0.05, 0.1) is 6.61 Å². The van der Waals surface area contributed by atoms with Crippen LogP contribution in [0.4, 0.5) is 0 Å². The van der Waals surface area contributed by atoms with Crippen LogP contribution in [0, 0.1) is 0 Å². The molecule has 0 atom stereocenters. The molecule has 0 amide bonds. The molecule has 2 heteroatoms. The SMILES string of the molecule is CCCCCOc1cc[nH]c1. The summed E-state index contributed by atoms with van der Waals surface area (Å²) in [6.45, 7) is 3.03. The fraction of sp³-hybridized carbons (Fsp3) is 0.556. The van der Waals surface area contributed by atoms with Gasteiger partial charge in [-0.3, -0.25) is 0 Å². The summed E-state index contributed by atoms with van der Waals surface area (Å²) in [5, 5.41) is 0. The van der Waals surface area contributed by atoms with E-state index in [1.54, 1.807) is 0 Å². The standard InChI is InChI=1S/C9H15NO/c1-2-3-4-7-11-9-5-6-10-8-9/h5-6,8,10H,2-4,7H2,1H3. The predicted octanol–water partition coefficient (Wildman–Crippen LogP) is 2.58. The topological polar surface area (TPSA) is 25.0 Å². The minimum Gasteiger partial charge on any atom is -0.492 e. The van der Waals surface area contributed by atoms with Crippen LogP contribution >= 0.6 is 0 Å². The molecular weight excluding hydrogens is 138 g/mol. The van der Waals surface area contributed by atoms with Gasteiger partial charge in [-0.1, -0.05) is 19.8 Å².